The fourth-order valence-electron chi connectivity index (χ4n) is 7.14. The number of pyridine rings is 2. The van der Waals surface area contributed by atoms with Gasteiger partial charge in [0.25, 0.3) is 11.5 Å². The number of rotatable bonds is 7. The second-order valence-electron chi connectivity index (χ2n) is 13.3. The second kappa shape index (κ2) is 12.2. The van der Waals surface area contributed by atoms with Crippen LogP contribution in [0, 0.1) is 17.8 Å². The molecule has 4 aromatic rings. The van der Waals surface area contributed by atoms with E-state index in [4.69, 9.17) is 9.47 Å². The molecule has 4 aliphatic rings. The fourth-order valence-corrected chi connectivity index (χ4v) is 7.14. The number of nitrogens with one attached hydrogen (secondary N) is 2. The number of carbonyl (C=O) groups is 3. The highest BCUT2D eigenvalue weighted by Gasteiger charge is 2.39. The quantitative estimate of drug-likeness (QED) is 0.227. The van der Waals surface area contributed by atoms with E-state index in [1.807, 2.05) is 30.3 Å². The smallest absolute Gasteiger partial charge is 0.257 e. The van der Waals surface area contributed by atoms with E-state index in [9.17, 15) is 19.2 Å². The molecular weight excluding hydrogens is 622 g/mol. The van der Waals surface area contributed by atoms with Gasteiger partial charge in [0.15, 0.2) is 0 Å². The summed E-state index contributed by atoms with van der Waals surface area (Å²) in [5.74, 6) is 7.71. The third kappa shape index (κ3) is 5.72. The summed E-state index contributed by atoms with van der Waals surface area (Å²) in [6, 6.07) is 11.0. The lowest BCUT2D eigenvalue weighted by Gasteiger charge is -2.37. The number of fused-ring (bicyclic) bond motifs is 2. The molecule has 3 amide bonds. The zero-order valence-corrected chi connectivity index (χ0v) is 27.3. The number of hydrogen-bond donors (Lipinski definition) is 2. The average molecular weight is 658 g/mol. The van der Waals surface area contributed by atoms with Gasteiger partial charge in [-0.1, -0.05) is 17.9 Å². The molecule has 1 unspecified atom stereocenters. The van der Waals surface area contributed by atoms with Crippen molar-refractivity contribution in [1.82, 2.24) is 25.1 Å². The van der Waals surface area contributed by atoms with Crippen molar-refractivity contribution in [3.05, 3.63) is 87.1 Å². The van der Waals surface area contributed by atoms with E-state index in [1.165, 1.54) is 0 Å². The zero-order chi connectivity index (χ0) is 33.8. The highest BCUT2D eigenvalue weighted by Crippen LogP contribution is 2.42. The number of carbonyl (C=O) groups excluding carboxylic acids is 3. The lowest BCUT2D eigenvalue weighted by Crippen LogP contribution is -2.52. The first-order valence-electron chi connectivity index (χ1n) is 16.6. The molecule has 0 radical (unpaired) electrons. The Bertz CT molecular complexity index is 2150. The summed E-state index contributed by atoms with van der Waals surface area (Å²) >= 11 is 0. The number of nitrogens with zero attached hydrogens (tertiary/aromatic N) is 3. The van der Waals surface area contributed by atoms with Crippen LogP contribution in [0.2, 0.25) is 0 Å². The van der Waals surface area contributed by atoms with Gasteiger partial charge < -0.3 is 19.4 Å². The molecule has 1 atom stereocenters. The van der Waals surface area contributed by atoms with Crippen LogP contribution in [0.4, 0.5) is 0 Å². The van der Waals surface area contributed by atoms with Crippen LogP contribution in [-0.4, -0.2) is 70.8 Å². The van der Waals surface area contributed by atoms with Crippen LogP contribution in [0.5, 0.6) is 11.5 Å². The Morgan fingerprint density at radius 1 is 0.939 bits per heavy atom. The monoisotopic (exact) mass is 657 g/mol. The average Bonchev–Trinajstić information content (AvgIpc) is 3.89. The van der Waals surface area contributed by atoms with Crippen LogP contribution in [0.1, 0.15) is 64.3 Å². The van der Waals surface area contributed by atoms with Crippen molar-refractivity contribution in [2.45, 2.75) is 50.7 Å². The molecule has 1 saturated carbocycles. The largest absolute Gasteiger partial charge is 0.496 e. The standard InChI is InChI=1S/C38H35N5O6/c1-48-33-12-25(28-15-40-36(45)29-16-39-31(14-27(28)29)23-7-8-23)13-34(49-2)30(33)20-42-17-22(18-42)4-3-21-5-6-24-19-43(38(47)26(24)11-21)32-9-10-35(44)41-37(32)46/h5-6,11-16,22-23,32H,7-10,17-20H2,1-2H3,(H,40,45)(H,41,44,46). The number of imide groups is 1. The van der Waals surface area contributed by atoms with E-state index in [0.29, 0.717) is 47.9 Å². The lowest BCUT2D eigenvalue weighted by atomic mass is 9.96. The van der Waals surface area contributed by atoms with Crippen molar-refractivity contribution in [2.24, 2.45) is 5.92 Å². The third-order valence-electron chi connectivity index (χ3n) is 10.0. The summed E-state index contributed by atoms with van der Waals surface area (Å²) in [5, 5.41) is 3.76. The molecule has 3 aliphatic heterocycles. The van der Waals surface area contributed by atoms with Gasteiger partial charge in [0.2, 0.25) is 11.8 Å². The molecule has 248 valence electrons. The fraction of sp³-hybridized carbons (Fsp3) is 0.342. The Hall–Kier alpha value is -5.47. The Balaban J connectivity index is 0.960. The predicted molar refractivity (Wildman–Crippen MR) is 181 cm³/mol. The van der Waals surface area contributed by atoms with E-state index in [-0.39, 0.29) is 29.7 Å². The summed E-state index contributed by atoms with van der Waals surface area (Å²) in [7, 11) is 3.30. The normalized spacial score (nSPS) is 19.3. The molecule has 1 aliphatic carbocycles. The SMILES string of the molecule is COc1cc(-c2c[nH]c(=O)c3cnc(C4CC4)cc23)cc(OC)c1CN1CC(C#Cc2ccc3c(c2)C(=O)N(C2CCC(=O)NC2=O)C3)C1. The van der Waals surface area contributed by atoms with Crippen LogP contribution < -0.4 is 20.3 Å². The summed E-state index contributed by atoms with van der Waals surface area (Å²) < 4.78 is 11.7. The van der Waals surface area contributed by atoms with Gasteiger partial charge in [-0.15, -0.1) is 0 Å². The van der Waals surface area contributed by atoms with Gasteiger partial charge in [-0.05, 0) is 66.1 Å². The van der Waals surface area contributed by atoms with Crippen LogP contribution in [-0.2, 0) is 22.7 Å². The van der Waals surface area contributed by atoms with Crippen molar-refractivity contribution in [3.8, 4) is 34.5 Å². The zero-order valence-electron chi connectivity index (χ0n) is 27.3. The van der Waals surface area contributed by atoms with Gasteiger partial charge in [0.05, 0.1) is 25.2 Å². The maximum Gasteiger partial charge on any atom is 0.257 e. The van der Waals surface area contributed by atoms with E-state index in [0.717, 1.165) is 64.8 Å². The molecule has 11 heteroatoms. The van der Waals surface area contributed by atoms with Gasteiger partial charge in [-0.3, -0.25) is 34.4 Å². The van der Waals surface area contributed by atoms with Crippen LogP contribution in [0.25, 0.3) is 21.9 Å². The highest BCUT2D eigenvalue weighted by atomic mass is 16.5. The molecule has 11 nitrogen and oxygen atoms in total. The van der Waals surface area contributed by atoms with Crippen molar-refractivity contribution >= 4 is 28.5 Å². The molecule has 3 fully saturated rings. The summed E-state index contributed by atoms with van der Waals surface area (Å²) in [4.78, 5) is 61.0. The Morgan fingerprint density at radius 2 is 1.71 bits per heavy atom. The van der Waals surface area contributed by atoms with E-state index >= 15 is 0 Å². The summed E-state index contributed by atoms with van der Waals surface area (Å²) in [5.41, 5.74) is 5.73. The molecule has 2 aromatic heterocycles. The lowest BCUT2D eigenvalue weighted by molar-refractivity contribution is -0.136. The molecule has 0 spiro atoms. The van der Waals surface area contributed by atoms with E-state index < -0.39 is 11.9 Å². The number of aromatic nitrogens is 2. The second-order valence-corrected chi connectivity index (χ2v) is 13.3. The molecule has 2 N–H and O–H groups in total. The summed E-state index contributed by atoms with van der Waals surface area (Å²) in [6.45, 7) is 2.52. The van der Waals surface area contributed by atoms with Gasteiger partial charge >= 0.3 is 0 Å². The molecule has 49 heavy (non-hydrogen) atoms. The number of amides is 3. The van der Waals surface area contributed by atoms with Crippen molar-refractivity contribution in [1.29, 1.82) is 0 Å². The van der Waals surface area contributed by atoms with Gasteiger partial charge in [0.1, 0.15) is 17.5 Å². The minimum absolute atomic E-state index is 0.166. The van der Waals surface area contributed by atoms with Crippen molar-refractivity contribution in [2.75, 3.05) is 27.3 Å². The highest BCUT2D eigenvalue weighted by molar-refractivity contribution is 6.05. The Morgan fingerprint density at radius 3 is 2.43 bits per heavy atom. The third-order valence-corrected chi connectivity index (χ3v) is 10.0. The number of methoxy groups -OCH3 is 2. The maximum absolute atomic E-state index is 13.2. The first-order chi connectivity index (χ1) is 23.8. The molecule has 2 aromatic carbocycles. The van der Waals surface area contributed by atoms with E-state index in [1.54, 1.807) is 37.6 Å². The number of ether oxygens (including phenoxy) is 2. The van der Waals surface area contributed by atoms with Crippen LogP contribution >= 0.6 is 0 Å². The summed E-state index contributed by atoms with van der Waals surface area (Å²) in [6.07, 6.45) is 6.24. The van der Waals surface area contributed by atoms with Crippen molar-refractivity contribution in [3.63, 3.8) is 0 Å². The number of aromatic amines is 1. The van der Waals surface area contributed by atoms with Gasteiger partial charge in [-0.25, -0.2) is 0 Å². The first kappa shape index (κ1) is 30.8. The number of benzene rings is 2. The Labute approximate surface area is 282 Å². The van der Waals surface area contributed by atoms with Crippen LogP contribution in [0.15, 0.2) is 53.6 Å². The van der Waals surface area contributed by atoms with E-state index in [2.05, 4.69) is 32.0 Å². The molecule has 5 heterocycles. The minimum Gasteiger partial charge on any atom is -0.496 e. The first-order valence-corrected chi connectivity index (χ1v) is 16.6. The predicted octanol–water partition coefficient (Wildman–Crippen LogP) is 3.73. The van der Waals surface area contributed by atoms with Gasteiger partial charge in [-0.2, -0.15) is 0 Å². The Kier molecular flexibility index (Phi) is 7.68. The van der Waals surface area contributed by atoms with Gasteiger partial charge in [0, 0.05) is 79.2 Å². The number of hydrogen-bond acceptors (Lipinski definition) is 8. The van der Waals surface area contributed by atoms with Crippen LogP contribution in [0.3, 0.4) is 0 Å². The number of likely N-dealkylation sites (tertiary alicyclic amines) is 1. The molecular formula is C38H35N5O6. The number of piperidine rings is 1. The molecule has 2 saturated heterocycles. The maximum atomic E-state index is 13.2. The van der Waals surface area contributed by atoms with Crippen molar-refractivity contribution < 1.29 is 23.9 Å². The number of H-pyrrole nitrogens is 1. The molecule has 8 rings (SSSR count). The topological polar surface area (TPSA) is 134 Å². The molecule has 0 bridgehead atoms. The minimum atomic E-state index is -0.636.